The lowest BCUT2D eigenvalue weighted by Crippen LogP contribution is -1.80. The minimum Gasteiger partial charge on any atom is -0.0871 e. The van der Waals surface area contributed by atoms with Crippen molar-refractivity contribution in [3.63, 3.8) is 0 Å². The molecule has 0 bridgehead atoms. The van der Waals surface area contributed by atoms with Crippen LogP contribution in [0.2, 0.25) is 0 Å². The van der Waals surface area contributed by atoms with Gasteiger partial charge in [0.2, 0.25) is 0 Å². The minimum atomic E-state index is 1.25. The summed E-state index contributed by atoms with van der Waals surface area (Å²) in [6.45, 7) is 4.10. The number of benzene rings is 3. The van der Waals surface area contributed by atoms with Gasteiger partial charge in [0.25, 0.3) is 0 Å². The average molecular weight is 258 g/mol. The molecule has 20 heavy (non-hydrogen) atoms. The highest BCUT2D eigenvalue weighted by atomic mass is 14.0. The summed E-state index contributed by atoms with van der Waals surface area (Å²) in [6.07, 6.45) is 8.43. The van der Waals surface area contributed by atoms with Gasteiger partial charge in [0.05, 0.1) is 0 Å². The zero-order valence-electron chi connectivity index (χ0n) is 11.9. The van der Waals surface area contributed by atoms with E-state index in [-0.39, 0.29) is 0 Å². The summed E-state index contributed by atoms with van der Waals surface area (Å²) in [6, 6.07) is 17.8. The van der Waals surface area contributed by atoms with Gasteiger partial charge in [-0.15, -0.1) is 0 Å². The number of fused-ring (bicyclic) bond motifs is 2. The van der Waals surface area contributed by atoms with E-state index < -0.39 is 0 Å². The van der Waals surface area contributed by atoms with Crippen LogP contribution in [0.3, 0.4) is 0 Å². The fraction of sp³-hybridized carbons (Fsp3) is 0.100. The van der Waals surface area contributed by atoms with Crippen molar-refractivity contribution in [2.75, 3.05) is 0 Å². The predicted molar refractivity (Wildman–Crippen MR) is 90.9 cm³/mol. The van der Waals surface area contributed by atoms with Gasteiger partial charge in [-0.05, 0) is 70.8 Å². The Kier molecular flexibility index (Phi) is 3.39. The minimum absolute atomic E-state index is 1.25. The Morgan fingerprint density at radius 2 is 1.00 bits per heavy atom. The summed E-state index contributed by atoms with van der Waals surface area (Å²) >= 11 is 0. The number of allylic oxidation sites excluding steroid dienone is 2. The molecule has 0 heteroatoms. The van der Waals surface area contributed by atoms with Crippen molar-refractivity contribution >= 4 is 33.7 Å². The monoisotopic (exact) mass is 258 g/mol. The molecule has 0 nitrogen and oxygen atoms in total. The van der Waals surface area contributed by atoms with Crippen LogP contribution in [-0.2, 0) is 0 Å². The van der Waals surface area contributed by atoms with Gasteiger partial charge in [-0.1, -0.05) is 48.6 Å². The molecule has 0 radical (unpaired) electrons. The van der Waals surface area contributed by atoms with Crippen molar-refractivity contribution in [2.45, 2.75) is 13.8 Å². The molecule has 0 heterocycles. The van der Waals surface area contributed by atoms with Crippen LogP contribution in [0.15, 0.2) is 60.7 Å². The van der Waals surface area contributed by atoms with Gasteiger partial charge >= 0.3 is 0 Å². The van der Waals surface area contributed by atoms with Crippen LogP contribution in [0, 0.1) is 0 Å². The number of hydrogen-bond donors (Lipinski definition) is 0. The second-order valence-electron chi connectivity index (χ2n) is 5.07. The standard InChI is InChI=1S/C20H18/c1-3-5-15-7-9-17-14-20-12-16(6-4-2)8-10-18(20)13-19(17)11-15/h3-14H,1-2H3/b5-3+,6-4+. The number of hydrogen-bond acceptors (Lipinski definition) is 0. The fourth-order valence-corrected chi connectivity index (χ4v) is 2.63. The van der Waals surface area contributed by atoms with Crippen LogP contribution in [0.4, 0.5) is 0 Å². The molecule has 0 aliphatic rings. The smallest absolute Gasteiger partial charge is 0.0172 e. The SMILES string of the molecule is C/C=C/c1ccc2cc3cc(/C=C/C)ccc3cc2c1. The van der Waals surface area contributed by atoms with Crippen molar-refractivity contribution in [3.05, 3.63) is 71.8 Å². The first-order chi connectivity index (χ1) is 9.80. The van der Waals surface area contributed by atoms with Crippen LogP contribution in [0.1, 0.15) is 25.0 Å². The molecule has 0 amide bonds. The van der Waals surface area contributed by atoms with E-state index in [2.05, 4.69) is 72.8 Å². The first kappa shape index (κ1) is 12.7. The lowest BCUT2D eigenvalue weighted by molar-refractivity contribution is 1.68. The normalized spacial score (nSPS) is 12.1. The second kappa shape index (κ2) is 5.34. The van der Waals surface area contributed by atoms with E-state index in [1.54, 1.807) is 0 Å². The number of rotatable bonds is 2. The van der Waals surface area contributed by atoms with E-state index in [9.17, 15) is 0 Å². The van der Waals surface area contributed by atoms with Gasteiger partial charge in [-0.2, -0.15) is 0 Å². The molecule has 0 aromatic heterocycles. The van der Waals surface area contributed by atoms with E-state index in [4.69, 9.17) is 0 Å². The molecule has 0 atom stereocenters. The molecule has 98 valence electrons. The highest BCUT2D eigenvalue weighted by Crippen LogP contribution is 2.25. The first-order valence-corrected chi connectivity index (χ1v) is 7.03. The lowest BCUT2D eigenvalue weighted by atomic mass is 10.00. The second-order valence-corrected chi connectivity index (χ2v) is 5.07. The summed E-state index contributed by atoms with van der Waals surface area (Å²) in [5, 5.41) is 5.19. The Labute approximate surface area is 120 Å². The van der Waals surface area contributed by atoms with Crippen molar-refractivity contribution in [1.82, 2.24) is 0 Å². The van der Waals surface area contributed by atoms with E-state index in [0.717, 1.165) is 0 Å². The summed E-state index contributed by atoms with van der Waals surface area (Å²) in [5.41, 5.74) is 2.51. The molecule has 0 fully saturated rings. The topological polar surface area (TPSA) is 0 Å². The molecule has 0 unspecified atom stereocenters. The van der Waals surface area contributed by atoms with Gasteiger partial charge in [-0.25, -0.2) is 0 Å². The quantitative estimate of drug-likeness (QED) is 0.490. The molecular weight excluding hydrogens is 240 g/mol. The summed E-state index contributed by atoms with van der Waals surface area (Å²) in [7, 11) is 0. The molecule has 0 saturated heterocycles. The van der Waals surface area contributed by atoms with Gasteiger partial charge in [0.15, 0.2) is 0 Å². The molecule has 3 rings (SSSR count). The predicted octanol–water partition coefficient (Wildman–Crippen LogP) is 6.06. The van der Waals surface area contributed by atoms with Crippen molar-refractivity contribution < 1.29 is 0 Å². The van der Waals surface area contributed by atoms with E-state index in [1.165, 1.54) is 32.7 Å². The van der Waals surface area contributed by atoms with E-state index >= 15 is 0 Å². The van der Waals surface area contributed by atoms with Gasteiger partial charge in [0, 0.05) is 0 Å². The molecule has 3 aromatic rings. The Hall–Kier alpha value is -2.34. The molecular formula is C20H18. The Bertz CT molecular complexity index is 748. The van der Waals surface area contributed by atoms with Crippen LogP contribution in [0.25, 0.3) is 33.7 Å². The summed E-state index contributed by atoms with van der Waals surface area (Å²) < 4.78 is 0. The average Bonchev–Trinajstić information content (AvgIpc) is 2.46. The Morgan fingerprint density at radius 3 is 1.40 bits per heavy atom. The molecule has 0 N–H and O–H groups in total. The molecule has 3 aromatic carbocycles. The van der Waals surface area contributed by atoms with Crippen molar-refractivity contribution in [1.29, 1.82) is 0 Å². The van der Waals surface area contributed by atoms with Crippen LogP contribution < -0.4 is 0 Å². The third kappa shape index (κ3) is 2.37. The largest absolute Gasteiger partial charge is 0.0871 e. The van der Waals surface area contributed by atoms with Crippen LogP contribution in [-0.4, -0.2) is 0 Å². The molecule has 0 aliphatic carbocycles. The maximum Gasteiger partial charge on any atom is -0.0172 e. The van der Waals surface area contributed by atoms with E-state index in [0.29, 0.717) is 0 Å². The zero-order valence-corrected chi connectivity index (χ0v) is 11.9. The Balaban J connectivity index is 2.22. The summed E-state index contributed by atoms with van der Waals surface area (Å²) in [5.74, 6) is 0. The fourth-order valence-electron chi connectivity index (χ4n) is 2.63. The van der Waals surface area contributed by atoms with Gasteiger partial charge in [-0.3, -0.25) is 0 Å². The Morgan fingerprint density at radius 1 is 0.550 bits per heavy atom. The van der Waals surface area contributed by atoms with Crippen LogP contribution >= 0.6 is 0 Å². The highest BCUT2D eigenvalue weighted by Gasteiger charge is 1.99. The molecule has 0 saturated carbocycles. The van der Waals surface area contributed by atoms with Crippen LogP contribution in [0.5, 0.6) is 0 Å². The highest BCUT2D eigenvalue weighted by molar-refractivity contribution is 5.99. The molecule has 0 spiro atoms. The third-order valence-corrected chi connectivity index (χ3v) is 3.56. The third-order valence-electron chi connectivity index (χ3n) is 3.56. The van der Waals surface area contributed by atoms with Gasteiger partial charge in [0.1, 0.15) is 0 Å². The maximum absolute atomic E-state index is 2.27. The molecule has 0 aliphatic heterocycles. The van der Waals surface area contributed by atoms with E-state index in [1.807, 2.05) is 13.8 Å². The zero-order chi connectivity index (χ0) is 13.9. The first-order valence-electron chi connectivity index (χ1n) is 7.03. The maximum atomic E-state index is 2.27. The lowest BCUT2D eigenvalue weighted by Gasteiger charge is -2.05. The van der Waals surface area contributed by atoms with Crippen molar-refractivity contribution in [2.24, 2.45) is 0 Å². The van der Waals surface area contributed by atoms with Crippen molar-refractivity contribution in [3.8, 4) is 0 Å². The van der Waals surface area contributed by atoms with Gasteiger partial charge < -0.3 is 0 Å². The summed E-state index contributed by atoms with van der Waals surface area (Å²) in [4.78, 5) is 0.